The van der Waals surface area contributed by atoms with E-state index >= 15 is 0 Å². The maximum absolute atomic E-state index is 11.4. The fourth-order valence-electron chi connectivity index (χ4n) is 1.61. The number of methoxy groups -OCH3 is 1. The minimum Gasteiger partial charge on any atom is -0.496 e. The first-order valence-electron chi connectivity index (χ1n) is 5.96. The van der Waals surface area contributed by atoms with Crippen LogP contribution in [-0.4, -0.2) is 31.2 Å². The highest BCUT2D eigenvalue weighted by Gasteiger charge is 2.13. The van der Waals surface area contributed by atoms with Crippen LogP contribution in [0.5, 0.6) is 5.75 Å². The summed E-state index contributed by atoms with van der Waals surface area (Å²) >= 11 is 0. The van der Waals surface area contributed by atoms with E-state index < -0.39 is 6.10 Å². The normalized spacial score (nSPS) is 11.9. The minimum atomic E-state index is -0.775. The second-order valence-corrected chi connectivity index (χ2v) is 3.95. The van der Waals surface area contributed by atoms with Crippen molar-refractivity contribution in [3.63, 3.8) is 0 Å². The van der Waals surface area contributed by atoms with Crippen LogP contribution < -0.4 is 15.8 Å². The molecule has 1 amide bonds. The van der Waals surface area contributed by atoms with Crippen LogP contribution in [0.1, 0.15) is 24.5 Å². The molecule has 1 rings (SSSR count). The summed E-state index contributed by atoms with van der Waals surface area (Å²) in [4.78, 5) is 11.4. The molecule has 1 atom stereocenters. The lowest BCUT2D eigenvalue weighted by Crippen LogP contribution is -2.28. The van der Waals surface area contributed by atoms with Crippen molar-refractivity contribution in [1.29, 1.82) is 0 Å². The summed E-state index contributed by atoms with van der Waals surface area (Å²) in [6.07, 6.45) is 0.258. The first-order chi connectivity index (χ1) is 8.69. The fourth-order valence-corrected chi connectivity index (χ4v) is 1.61. The van der Waals surface area contributed by atoms with E-state index in [-0.39, 0.29) is 12.5 Å². The number of aliphatic hydroxyl groups excluding tert-OH is 1. The van der Waals surface area contributed by atoms with Crippen LogP contribution in [0.3, 0.4) is 0 Å². The summed E-state index contributed by atoms with van der Waals surface area (Å²) in [6.45, 7) is 0.659. The van der Waals surface area contributed by atoms with Crippen molar-refractivity contribution in [2.45, 2.75) is 18.9 Å². The van der Waals surface area contributed by atoms with E-state index in [0.29, 0.717) is 30.7 Å². The van der Waals surface area contributed by atoms with E-state index in [9.17, 15) is 9.90 Å². The Balaban J connectivity index is 2.49. The van der Waals surface area contributed by atoms with Gasteiger partial charge in [-0.05, 0) is 19.0 Å². The third-order valence-corrected chi connectivity index (χ3v) is 2.60. The van der Waals surface area contributed by atoms with Crippen LogP contribution in [0.15, 0.2) is 24.3 Å². The molecule has 0 aliphatic heterocycles. The molecule has 0 aromatic heterocycles. The Morgan fingerprint density at radius 2 is 2.22 bits per heavy atom. The van der Waals surface area contributed by atoms with Gasteiger partial charge in [0.1, 0.15) is 5.75 Å². The van der Waals surface area contributed by atoms with Crippen LogP contribution in [0, 0.1) is 0 Å². The Kier molecular flexibility index (Phi) is 6.18. The molecule has 1 aromatic rings. The Morgan fingerprint density at radius 1 is 1.50 bits per heavy atom. The van der Waals surface area contributed by atoms with Crippen molar-refractivity contribution in [3.8, 4) is 5.75 Å². The molecule has 100 valence electrons. The summed E-state index contributed by atoms with van der Waals surface area (Å²) in [6, 6.07) is 7.19. The van der Waals surface area contributed by atoms with Crippen molar-refractivity contribution in [2.75, 3.05) is 20.2 Å². The number of ether oxygens (including phenoxy) is 1. The van der Waals surface area contributed by atoms with Crippen LogP contribution in [-0.2, 0) is 4.79 Å². The van der Waals surface area contributed by atoms with E-state index in [1.165, 1.54) is 0 Å². The summed E-state index contributed by atoms with van der Waals surface area (Å²) in [5.74, 6) is 0.510. The molecule has 18 heavy (non-hydrogen) atoms. The third kappa shape index (κ3) is 4.35. The fraction of sp³-hybridized carbons (Fsp3) is 0.462. The second kappa shape index (κ2) is 7.68. The van der Waals surface area contributed by atoms with E-state index in [1.54, 1.807) is 19.2 Å². The average Bonchev–Trinajstić information content (AvgIpc) is 2.42. The van der Waals surface area contributed by atoms with Crippen LogP contribution in [0.25, 0.3) is 0 Å². The molecule has 0 aliphatic carbocycles. The highest BCUT2D eigenvalue weighted by molar-refractivity contribution is 5.75. The molecular formula is C13H20N2O3. The van der Waals surface area contributed by atoms with Gasteiger partial charge in [-0.2, -0.15) is 0 Å². The highest BCUT2D eigenvalue weighted by atomic mass is 16.5. The number of nitrogens with two attached hydrogens (primary N) is 1. The van der Waals surface area contributed by atoms with Crippen LogP contribution >= 0.6 is 0 Å². The number of amides is 1. The molecule has 0 heterocycles. The van der Waals surface area contributed by atoms with Gasteiger partial charge in [-0.1, -0.05) is 18.2 Å². The molecule has 0 radical (unpaired) electrons. The Labute approximate surface area is 107 Å². The molecule has 0 spiro atoms. The summed E-state index contributed by atoms with van der Waals surface area (Å²) in [7, 11) is 1.55. The van der Waals surface area contributed by atoms with Gasteiger partial charge in [-0.15, -0.1) is 0 Å². The van der Waals surface area contributed by atoms with Gasteiger partial charge < -0.3 is 20.9 Å². The number of hydrogen-bond donors (Lipinski definition) is 3. The van der Waals surface area contributed by atoms with Crippen molar-refractivity contribution in [2.24, 2.45) is 5.73 Å². The number of aliphatic hydroxyl groups is 1. The topological polar surface area (TPSA) is 84.6 Å². The third-order valence-electron chi connectivity index (χ3n) is 2.60. The predicted molar refractivity (Wildman–Crippen MR) is 69.3 cm³/mol. The summed E-state index contributed by atoms with van der Waals surface area (Å²) < 4.78 is 5.15. The molecule has 5 heteroatoms. The van der Waals surface area contributed by atoms with Crippen LogP contribution in [0.4, 0.5) is 0 Å². The zero-order valence-electron chi connectivity index (χ0n) is 10.6. The lowest BCUT2D eigenvalue weighted by molar-refractivity contribution is -0.121. The Hall–Kier alpha value is -1.59. The number of carbonyl (C=O) groups is 1. The van der Waals surface area contributed by atoms with Gasteiger partial charge in [0.2, 0.25) is 5.91 Å². The lowest BCUT2D eigenvalue weighted by Gasteiger charge is -2.15. The number of carbonyl (C=O) groups excluding carboxylic acids is 1. The molecule has 0 bridgehead atoms. The Morgan fingerprint density at radius 3 is 2.89 bits per heavy atom. The van der Waals surface area contributed by atoms with Crippen molar-refractivity contribution < 1.29 is 14.6 Å². The smallest absolute Gasteiger partial charge is 0.220 e. The molecule has 5 nitrogen and oxygen atoms in total. The van der Waals surface area contributed by atoms with Crippen molar-refractivity contribution in [1.82, 2.24) is 5.32 Å². The van der Waals surface area contributed by atoms with Crippen molar-refractivity contribution in [3.05, 3.63) is 29.8 Å². The lowest BCUT2D eigenvalue weighted by atomic mass is 10.1. The number of para-hydroxylation sites is 1. The molecule has 0 saturated carbocycles. The molecule has 0 aliphatic rings. The maximum atomic E-state index is 11.4. The predicted octanol–water partition coefficient (Wildman–Crippen LogP) is 0.584. The van der Waals surface area contributed by atoms with Crippen LogP contribution in [0.2, 0.25) is 0 Å². The molecular weight excluding hydrogens is 232 g/mol. The minimum absolute atomic E-state index is 0.102. The first kappa shape index (κ1) is 14.5. The number of rotatable bonds is 7. The standard InChI is InChI=1S/C13H20N2O3/c1-18-12-6-3-2-5-10(12)11(16)9-15-13(17)7-4-8-14/h2-3,5-6,11,16H,4,7-9,14H2,1H3,(H,15,17). The van der Waals surface area contributed by atoms with E-state index in [4.69, 9.17) is 10.5 Å². The molecule has 1 aromatic carbocycles. The number of nitrogens with one attached hydrogen (secondary N) is 1. The maximum Gasteiger partial charge on any atom is 0.220 e. The largest absolute Gasteiger partial charge is 0.496 e. The van der Waals surface area contributed by atoms with Crippen molar-refractivity contribution >= 4 is 5.91 Å². The van der Waals surface area contributed by atoms with Gasteiger partial charge in [0.05, 0.1) is 13.2 Å². The van der Waals surface area contributed by atoms with Gasteiger partial charge >= 0.3 is 0 Å². The average molecular weight is 252 g/mol. The van der Waals surface area contributed by atoms with E-state index in [0.717, 1.165) is 0 Å². The Bertz CT molecular complexity index is 382. The monoisotopic (exact) mass is 252 g/mol. The summed E-state index contributed by atoms with van der Waals surface area (Å²) in [5.41, 5.74) is 5.98. The summed E-state index contributed by atoms with van der Waals surface area (Å²) in [5, 5.41) is 12.7. The SMILES string of the molecule is COc1ccccc1C(O)CNC(=O)CCCN. The van der Waals surface area contributed by atoms with Gasteiger partial charge in [-0.25, -0.2) is 0 Å². The van der Waals surface area contributed by atoms with Gasteiger partial charge in [0.15, 0.2) is 0 Å². The van der Waals surface area contributed by atoms with Gasteiger partial charge in [-0.3, -0.25) is 4.79 Å². The zero-order valence-corrected chi connectivity index (χ0v) is 10.6. The molecule has 0 fully saturated rings. The molecule has 1 unspecified atom stereocenters. The van der Waals surface area contributed by atoms with E-state index in [1.807, 2.05) is 12.1 Å². The molecule has 4 N–H and O–H groups in total. The first-order valence-corrected chi connectivity index (χ1v) is 5.96. The van der Waals surface area contributed by atoms with E-state index in [2.05, 4.69) is 5.32 Å². The number of hydrogen-bond acceptors (Lipinski definition) is 4. The number of benzene rings is 1. The zero-order chi connectivity index (χ0) is 13.4. The van der Waals surface area contributed by atoms with Gasteiger partial charge in [0, 0.05) is 18.5 Å². The second-order valence-electron chi connectivity index (χ2n) is 3.95. The van der Waals surface area contributed by atoms with Gasteiger partial charge in [0.25, 0.3) is 0 Å². The quantitative estimate of drug-likeness (QED) is 0.663. The molecule has 0 saturated heterocycles. The highest BCUT2D eigenvalue weighted by Crippen LogP contribution is 2.23.